The minimum absolute atomic E-state index is 0.328. The molecule has 0 fully saturated rings. The molecule has 3 rings (SSSR count). The van der Waals surface area contributed by atoms with Gasteiger partial charge in [0.25, 0.3) is 0 Å². The SMILES string of the molecule is CC(C)c1cc2c(cc1C(C)C)CC1=CCC(C)(C(C)C)C=C1B2. The molecule has 2 aliphatic rings. The lowest BCUT2D eigenvalue weighted by molar-refractivity contribution is 0.297. The van der Waals surface area contributed by atoms with Gasteiger partial charge < -0.3 is 0 Å². The fraction of sp³-hybridized carbons (Fsp3) is 0.565. The number of fused-ring (bicyclic) bond motifs is 2. The van der Waals surface area contributed by atoms with E-state index in [-0.39, 0.29) is 0 Å². The molecule has 1 heteroatoms. The van der Waals surface area contributed by atoms with Crippen LogP contribution < -0.4 is 5.46 Å². The second-order valence-corrected chi connectivity index (χ2v) is 9.18. The lowest BCUT2D eigenvalue weighted by Crippen LogP contribution is -2.34. The number of hydrogen-bond donors (Lipinski definition) is 0. The minimum Gasteiger partial charge on any atom is -0.0832 e. The molecule has 1 heterocycles. The summed E-state index contributed by atoms with van der Waals surface area (Å²) in [6, 6.07) is 5.04. The minimum atomic E-state index is 0.328. The van der Waals surface area contributed by atoms with Gasteiger partial charge in [-0.3, -0.25) is 0 Å². The highest BCUT2D eigenvalue weighted by atomic mass is 14.3. The smallest absolute Gasteiger partial charge is 0.0832 e. The first-order valence-corrected chi connectivity index (χ1v) is 9.78. The molecule has 0 saturated carbocycles. The van der Waals surface area contributed by atoms with Crippen molar-refractivity contribution in [3.8, 4) is 0 Å². The highest BCUT2D eigenvalue weighted by Gasteiger charge is 2.32. The van der Waals surface area contributed by atoms with E-state index >= 15 is 0 Å². The summed E-state index contributed by atoms with van der Waals surface area (Å²) in [5.41, 5.74) is 9.76. The fourth-order valence-corrected chi connectivity index (χ4v) is 4.24. The molecule has 0 saturated heterocycles. The van der Waals surface area contributed by atoms with Crippen molar-refractivity contribution in [3.05, 3.63) is 52.0 Å². The van der Waals surface area contributed by atoms with E-state index in [1.807, 2.05) is 0 Å². The molecule has 128 valence electrons. The maximum atomic E-state index is 2.60. The topological polar surface area (TPSA) is 0 Å². The van der Waals surface area contributed by atoms with Gasteiger partial charge in [0, 0.05) is 0 Å². The Bertz CT molecular complexity index is 703. The van der Waals surface area contributed by atoms with Crippen LogP contribution in [0.5, 0.6) is 0 Å². The monoisotopic (exact) mass is 320 g/mol. The first-order chi connectivity index (χ1) is 11.2. The van der Waals surface area contributed by atoms with E-state index in [0.717, 1.165) is 13.7 Å². The molecule has 0 aromatic heterocycles. The third-order valence-corrected chi connectivity index (χ3v) is 6.43. The lowest BCUT2D eigenvalue weighted by Gasteiger charge is -2.37. The number of benzene rings is 1. The van der Waals surface area contributed by atoms with E-state index < -0.39 is 0 Å². The number of rotatable bonds is 3. The molecule has 24 heavy (non-hydrogen) atoms. The average molecular weight is 320 g/mol. The number of allylic oxidation sites excluding steroid dienone is 4. The summed E-state index contributed by atoms with van der Waals surface area (Å²) in [5.74, 6) is 1.90. The van der Waals surface area contributed by atoms with Crippen molar-refractivity contribution in [1.29, 1.82) is 0 Å². The van der Waals surface area contributed by atoms with Gasteiger partial charge in [-0.2, -0.15) is 0 Å². The summed E-state index contributed by atoms with van der Waals surface area (Å²) < 4.78 is 0. The van der Waals surface area contributed by atoms with Crippen LogP contribution in [0.1, 0.15) is 83.4 Å². The van der Waals surface area contributed by atoms with E-state index in [9.17, 15) is 0 Å². The van der Waals surface area contributed by atoms with E-state index in [4.69, 9.17) is 0 Å². The van der Waals surface area contributed by atoms with Crippen LogP contribution in [-0.2, 0) is 6.42 Å². The molecule has 0 N–H and O–H groups in total. The maximum absolute atomic E-state index is 2.60. The molecule has 1 aromatic carbocycles. The Balaban J connectivity index is 2.04. The molecule has 1 unspecified atom stereocenters. The van der Waals surface area contributed by atoms with Crippen molar-refractivity contribution in [3.63, 3.8) is 0 Å². The predicted octanol–water partition coefficient (Wildman–Crippen LogP) is 5.43. The van der Waals surface area contributed by atoms with Crippen LogP contribution in [0.15, 0.2) is 35.3 Å². The Labute approximate surface area is 149 Å². The first-order valence-electron chi connectivity index (χ1n) is 9.78. The second-order valence-electron chi connectivity index (χ2n) is 9.18. The summed E-state index contributed by atoms with van der Waals surface area (Å²) in [4.78, 5) is 0. The molecule has 0 amide bonds. The van der Waals surface area contributed by atoms with E-state index in [1.54, 1.807) is 33.2 Å². The first kappa shape index (κ1) is 17.6. The molecular formula is C23H33B. The van der Waals surface area contributed by atoms with Crippen molar-refractivity contribution >= 4 is 12.7 Å². The Hall–Kier alpha value is -1.24. The van der Waals surface area contributed by atoms with Gasteiger partial charge in [0.2, 0.25) is 0 Å². The zero-order valence-electron chi connectivity index (χ0n) is 16.7. The van der Waals surface area contributed by atoms with Gasteiger partial charge in [-0.25, -0.2) is 0 Å². The van der Waals surface area contributed by atoms with Gasteiger partial charge in [0.1, 0.15) is 0 Å². The van der Waals surface area contributed by atoms with Crippen LogP contribution in [0.4, 0.5) is 0 Å². The molecular weight excluding hydrogens is 287 g/mol. The Morgan fingerprint density at radius 2 is 1.58 bits per heavy atom. The van der Waals surface area contributed by atoms with Crippen molar-refractivity contribution in [2.45, 2.75) is 73.1 Å². The molecule has 0 spiro atoms. The van der Waals surface area contributed by atoms with Crippen LogP contribution in [-0.4, -0.2) is 7.28 Å². The van der Waals surface area contributed by atoms with Crippen LogP contribution >= 0.6 is 0 Å². The zero-order valence-corrected chi connectivity index (χ0v) is 16.7. The maximum Gasteiger partial charge on any atom is 0.192 e. The van der Waals surface area contributed by atoms with Crippen molar-refractivity contribution < 1.29 is 0 Å². The summed E-state index contributed by atoms with van der Waals surface area (Å²) >= 11 is 0. The van der Waals surface area contributed by atoms with Gasteiger partial charge in [-0.05, 0) is 52.7 Å². The quantitative estimate of drug-likeness (QED) is 0.652. The highest BCUT2D eigenvalue weighted by Crippen LogP contribution is 2.41. The molecule has 1 aliphatic carbocycles. The van der Waals surface area contributed by atoms with Crippen molar-refractivity contribution in [2.75, 3.05) is 0 Å². The molecule has 1 atom stereocenters. The van der Waals surface area contributed by atoms with Gasteiger partial charge in [-0.15, -0.1) is 0 Å². The third kappa shape index (κ3) is 3.03. The van der Waals surface area contributed by atoms with Gasteiger partial charge in [0.05, 0.1) is 0 Å². The summed E-state index contributed by atoms with van der Waals surface area (Å²) in [5, 5.41) is 0. The highest BCUT2D eigenvalue weighted by molar-refractivity contribution is 6.63. The molecule has 1 aromatic rings. The van der Waals surface area contributed by atoms with Crippen LogP contribution in [0.2, 0.25) is 0 Å². The van der Waals surface area contributed by atoms with Crippen LogP contribution in [0, 0.1) is 11.3 Å². The Morgan fingerprint density at radius 3 is 2.17 bits per heavy atom. The summed E-state index contributed by atoms with van der Waals surface area (Å²) in [6.45, 7) is 16.5. The lowest BCUT2D eigenvalue weighted by atomic mass is 9.51. The Kier molecular flexibility index (Phi) is 4.58. The molecule has 1 aliphatic heterocycles. The van der Waals surface area contributed by atoms with E-state index in [2.05, 4.69) is 72.8 Å². The van der Waals surface area contributed by atoms with Crippen molar-refractivity contribution in [1.82, 2.24) is 0 Å². The predicted molar refractivity (Wildman–Crippen MR) is 109 cm³/mol. The number of hydrogen-bond acceptors (Lipinski definition) is 0. The van der Waals surface area contributed by atoms with Gasteiger partial charge in [-0.1, -0.05) is 89.3 Å². The fourth-order valence-electron chi connectivity index (χ4n) is 4.24. The standard InChI is InChI=1S/C23H33B/c1-14(2)19-11-18-10-17-8-9-23(7,16(5)6)13-22(17)24-21(18)12-20(19)15(3)4/h8,11-16,24H,9-10H2,1-7H3. The van der Waals surface area contributed by atoms with Gasteiger partial charge in [0.15, 0.2) is 7.28 Å². The van der Waals surface area contributed by atoms with Crippen molar-refractivity contribution in [2.24, 2.45) is 11.3 Å². The van der Waals surface area contributed by atoms with E-state index in [1.165, 1.54) is 6.42 Å². The third-order valence-electron chi connectivity index (χ3n) is 6.43. The summed E-state index contributed by atoms with van der Waals surface area (Å²) in [7, 11) is 1.13. The largest absolute Gasteiger partial charge is 0.192 e. The van der Waals surface area contributed by atoms with Gasteiger partial charge >= 0.3 is 0 Å². The molecule has 0 nitrogen and oxygen atoms in total. The second kappa shape index (κ2) is 6.25. The zero-order chi connectivity index (χ0) is 17.6. The van der Waals surface area contributed by atoms with Crippen LogP contribution in [0.25, 0.3) is 0 Å². The summed E-state index contributed by atoms with van der Waals surface area (Å²) in [6.07, 6.45) is 7.46. The van der Waals surface area contributed by atoms with E-state index in [0.29, 0.717) is 23.2 Å². The normalized spacial score (nSPS) is 22.9. The molecule has 0 radical (unpaired) electrons. The molecule has 0 bridgehead atoms. The van der Waals surface area contributed by atoms with Crippen LogP contribution in [0.3, 0.4) is 0 Å². The average Bonchev–Trinajstić information content (AvgIpc) is 2.51. The Morgan fingerprint density at radius 1 is 0.958 bits per heavy atom.